The molecule has 1 aliphatic rings. The van der Waals surface area contributed by atoms with Gasteiger partial charge in [-0.05, 0) is 30.9 Å². The molecule has 98 valence electrons. The van der Waals surface area contributed by atoms with Gasteiger partial charge in [-0.2, -0.15) is 0 Å². The van der Waals surface area contributed by atoms with Gasteiger partial charge < -0.3 is 15.1 Å². The molecule has 1 aliphatic heterocycles. The summed E-state index contributed by atoms with van der Waals surface area (Å²) in [6, 6.07) is 2.77. The minimum absolute atomic E-state index is 0.0934. The monoisotopic (exact) mass is 250 g/mol. The molecule has 2 unspecified atom stereocenters. The van der Waals surface area contributed by atoms with Gasteiger partial charge in [-0.25, -0.2) is 4.79 Å². The van der Waals surface area contributed by atoms with Crippen LogP contribution >= 0.6 is 0 Å². The normalized spacial score (nSPS) is 24.0. The van der Waals surface area contributed by atoms with E-state index in [1.165, 1.54) is 18.4 Å². The highest BCUT2D eigenvalue weighted by Gasteiger charge is 2.28. The largest absolute Gasteiger partial charge is 0.430 e. The number of carbonyl (C=O) groups is 1. The van der Waals surface area contributed by atoms with Gasteiger partial charge in [-0.15, -0.1) is 0 Å². The highest BCUT2D eigenvalue weighted by molar-refractivity contribution is 5.93. The number of piperidine rings is 1. The zero-order valence-electron chi connectivity index (χ0n) is 10.5. The van der Waals surface area contributed by atoms with Crippen molar-refractivity contribution in [1.29, 1.82) is 0 Å². The number of nitrogens with zero attached hydrogens (tertiary/aromatic N) is 1. The predicted molar refractivity (Wildman–Crippen MR) is 67.2 cm³/mol. The van der Waals surface area contributed by atoms with Crippen LogP contribution in [0, 0.1) is 11.8 Å². The van der Waals surface area contributed by atoms with E-state index in [-0.39, 0.29) is 5.91 Å². The Balaban J connectivity index is 2.10. The zero-order valence-corrected chi connectivity index (χ0v) is 10.5. The van der Waals surface area contributed by atoms with Crippen LogP contribution in [0.1, 0.15) is 23.7 Å². The van der Waals surface area contributed by atoms with E-state index in [2.05, 4.69) is 6.92 Å². The topological polar surface area (TPSA) is 76.5 Å². The average Bonchev–Trinajstić information content (AvgIpc) is 2.39. The molecule has 2 heterocycles. The zero-order chi connectivity index (χ0) is 13.1. The summed E-state index contributed by atoms with van der Waals surface area (Å²) in [5.41, 5.74) is 5.69. The van der Waals surface area contributed by atoms with Gasteiger partial charge in [0.15, 0.2) is 0 Å². The molecule has 1 aromatic rings. The van der Waals surface area contributed by atoms with Crippen LogP contribution in [0.5, 0.6) is 0 Å². The summed E-state index contributed by atoms with van der Waals surface area (Å²) in [6.07, 6.45) is 2.19. The Labute approximate surface area is 106 Å². The van der Waals surface area contributed by atoms with E-state index in [9.17, 15) is 9.59 Å². The fraction of sp³-hybridized carbons (Fsp3) is 0.538. The van der Waals surface area contributed by atoms with Crippen molar-refractivity contribution < 1.29 is 9.21 Å². The number of nitrogens with two attached hydrogens (primary N) is 1. The predicted octanol–water partition coefficient (Wildman–Crippen LogP) is 0.697. The molecule has 2 atom stereocenters. The van der Waals surface area contributed by atoms with Crippen LogP contribution in [0.3, 0.4) is 0 Å². The molecule has 5 nitrogen and oxygen atoms in total. The third kappa shape index (κ3) is 2.61. The summed E-state index contributed by atoms with van der Waals surface area (Å²) >= 11 is 0. The second kappa shape index (κ2) is 5.35. The SMILES string of the molecule is CC1CCN(C(=O)c2ccc(=O)oc2)CC1CN. The molecular formula is C13H18N2O3. The lowest BCUT2D eigenvalue weighted by Gasteiger charge is -2.36. The Morgan fingerprint density at radius 3 is 2.94 bits per heavy atom. The highest BCUT2D eigenvalue weighted by atomic mass is 16.4. The molecule has 18 heavy (non-hydrogen) atoms. The number of likely N-dealkylation sites (tertiary alicyclic amines) is 1. The molecule has 1 fully saturated rings. The first-order valence-electron chi connectivity index (χ1n) is 6.20. The number of amides is 1. The van der Waals surface area contributed by atoms with Gasteiger partial charge in [0.1, 0.15) is 6.26 Å². The average molecular weight is 250 g/mol. The van der Waals surface area contributed by atoms with Gasteiger partial charge in [-0.1, -0.05) is 6.92 Å². The van der Waals surface area contributed by atoms with Crippen molar-refractivity contribution in [3.05, 3.63) is 34.4 Å². The minimum atomic E-state index is -0.446. The Bertz CT molecular complexity index is 463. The van der Waals surface area contributed by atoms with Crippen molar-refractivity contribution in [3.63, 3.8) is 0 Å². The van der Waals surface area contributed by atoms with Crippen molar-refractivity contribution >= 4 is 5.91 Å². The van der Waals surface area contributed by atoms with Crippen molar-refractivity contribution in [2.75, 3.05) is 19.6 Å². The lowest BCUT2D eigenvalue weighted by Crippen LogP contribution is -2.45. The molecule has 5 heteroatoms. The quantitative estimate of drug-likeness (QED) is 0.838. The first kappa shape index (κ1) is 12.8. The molecular weight excluding hydrogens is 232 g/mol. The van der Waals surface area contributed by atoms with Crippen molar-refractivity contribution in [2.24, 2.45) is 17.6 Å². The number of carbonyl (C=O) groups excluding carboxylic acids is 1. The lowest BCUT2D eigenvalue weighted by molar-refractivity contribution is 0.0616. The van der Waals surface area contributed by atoms with Crippen LogP contribution in [0.25, 0.3) is 0 Å². The van der Waals surface area contributed by atoms with E-state index in [4.69, 9.17) is 10.2 Å². The van der Waals surface area contributed by atoms with Crippen molar-refractivity contribution in [1.82, 2.24) is 4.90 Å². The summed E-state index contributed by atoms with van der Waals surface area (Å²) < 4.78 is 4.72. The third-order valence-corrected chi connectivity index (χ3v) is 3.65. The van der Waals surface area contributed by atoms with Gasteiger partial charge in [0.25, 0.3) is 5.91 Å². The van der Waals surface area contributed by atoms with Gasteiger partial charge in [-0.3, -0.25) is 4.79 Å². The summed E-state index contributed by atoms with van der Waals surface area (Å²) in [5, 5.41) is 0. The maximum absolute atomic E-state index is 12.2. The van der Waals surface area contributed by atoms with Crippen LogP contribution in [-0.2, 0) is 0 Å². The van der Waals surface area contributed by atoms with E-state index in [1.807, 2.05) is 0 Å². The van der Waals surface area contributed by atoms with E-state index >= 15 is 0 Å². The number of hydrogen-bond donors (Lipinski definition) is 1. The molecule has 1 amide bonds. The summed E-state index contributed by atoms with van der Waals surface area (Å²) in [6.45, 7) is 4.17. The number of rotatable bonds is 2. The molecule has 2 N–H and O–H groups in total. The van der Waals surface area contributed by atoms with Crippen molar-refractivity contribution in [2.45, 2.75) is 13.3 Å². The minimum Gasteiger partial charge on any atom is -0.430 e. The molecule has 1 aromatic heterocycles. The summed E-state index contributed by atoms with van der Waals surface area (Å²) in [7, 11) is 0. The summed E-state index contributed by atoms with van der Waals surface area (Å²) in [4.78, 5) is 24.8. The van der Waals surface area contributed by atoms with Crippen LogP contribution < -0.4 is 11.4 Å². The van der Waals surface area contributed by atoms with Gasteiger partial charge in [0.05, 0.1) is 5.56 Å². The number of hydrogen-bond acceptors (Lipinski definition) is 4. The Morgan fingerprint density at radius 2 is 2.33 bits per heavy atom. The van der Waals surface area contributed by atoms with Gasteiger partial charge in [0, 0.05) is 19.2 Å². The lowest BCUT2D eigenvalue weighted by atomic mass is 9.87. The fourth-order valence-corrected chi connectivity index (χ4v) is 2.30. The Kier molecular flexibility index (Phi) is 3.81. The first-order valence-corrected chi connectivity index (χ1v) is 6.20. The maximum Gasteiger partial charge on any atom is 0.335 e. The Morgan fingerprint density at radius 1 is 1.56 bits per heavy atom. The first-order chi connectivity index (χ1) is 8.61. The molecule has 0 aliphatic carbocycles. The van der Waals surface area contributed by atoms with E-state index < -0.39 is 5.63 Å². The Hall–Kier alpha value is -1.62. The molecule has 0 spiro atoms. The second-order valence-electron chi connectivity index (χ2n) is 4.86. The molecule has 0 bridgehead atoms. The van der Waals surface area contributed by atoms with Gasteiger partial charge in [0.2, 0.25) is 0 Å². The fourth-order valence-electron chi connectivity index (χ4n) is 2.30. The second-order valence-corrected chi connectivity index (χ2v) is 4.86. The molecule has 1 saturated heterocycles. The van der Waals surface area contributed by atoms with Gasteiger partial charge >= 0.3 is 5.63 Å². The molecule has 0 aromatic carbocycles. The smallest absolute Gasteiger partial charge is 0.335 e. The molecule has 0 saturated carbocycles. The van der Waals surface area contributed by atoms with Crippen LogP contribution in [-0.4, -0.2) is 30.4 Å². The summed E-state index contributed by atoms with van der Waals surface area (Å²) in [5.74, 6) is 0.801. The maximum atomic E-state index is 12.2. The van der Waals surface area contributed by atoms with Crippen LogP contribution in [0.15, 0.2) is 27.6 Å². The van der Waals surface area contributed by atoms with Crippen LogP contribution in [0.2, 0.25) is 0 Å². The van der Waals surface area contributed by atoms with E-state index in [0.717, 1.165) is 13.0 Å². The molecule has 2 rings (SSSR count). The van der Waals surface area contributed by atoms with E-state index in [0.29, 0.717) is 30.5 Å². The van der Waals surface area contributed by atoms with Crippen molar-refractivity contribution in [3.8, 4) is 0 Å². The highest BCUT2D eigenvalue weighted by Crippen LogP contribution is 2.23. The van der Waals surface area contributed by atoms with E-state index in [1.54, 1.807) is 4.90 Å². The van der Waals surface area contributed by atoms with Crippen LogP contribution in [0.4, 0.5) is 0 Å². The molecule has 0 radical (unpaired) electrons. The third-order valence-electron chi connectivity index (χ3n) is 3.65. The standard InChI is InChI=1S/C13H18N2O3/c1-9-4-5-15(7-11(9)6-14)13(17)10-2-3-12(16)18-8-10/h2-3,8-9,11H,4-7,14H2,1H3.